The zero-order valence-electron chi connectivity index (χ0n) is 18.5. The van der Waals surface area contributed by atoms with Crippen LogP contribution in [0.15, 0.2) is 90.7 Å². The molecule has 0 N–H and O–H groups in total. The molecule has 2 aromatic carbocycles. The Labute approximate surface area is 201 Å². The third-order valence-corrected chi connectivity index (χ3v) is 7.14. The second-order valence-corrected chi connectivity index (χ2v) is 9.21. The van der Waals surface area contributed by atoms with Crippen LogP contribution in [0.1, 0.15) is 9.67 Å². The van der Waals surface area contributed by atoms with Crippen LogP contribution in [-0.2, 0) is 0 Å². The first-order valence-corrected chi connectivity index (χ1v) is 12.2. The van der Waals surface area contributed by atoms with Gasteiger partial charge in [-0.1, -0.05) is 54.6 Å². The molecule has 0 spiro atoms. The maximum Gasteiger partial charge on any atom is 0.264 e. The molecule has 0 radical (unpaired) electrons. The van der Waals surface area contributed by atoms with E-state index in [1.807, 2.05) is 46.7 Å². The van der Waals surface area contributed by atoms with Crippen LogP contribution in [0.2, 0.25) is 0 Å². The van der Waals surface area contributed by atoms with Crippen LogP contribution in [0.5, 0.6) is 0 Å². The summed E-state index contributed by atoms with van der Waals surface area (Å²) in [6, 6.07) is 24.5. The Bertz CT molecular complexity index is 1420. The molecule has 1 aliphatic rings. The van der Waals surface area contributed by atoms with Crippen LogP contribution in [0.3, 0.4) is 0 Å². The minimum absolute atomic E-state index is 0.114. The summed E-state index contributed by atoms with van der Waals surface area (Å²) in [5, 5.41) is 2.99. The average Bonchev–Trinajstić information content (AvgIpc) is 3.58. The molecule has 1 saturated heterocycles. The molecule has 1 aliphatic heterocycles. The van der Waals surface area contributed by atoms with Crippen LogP contribution in [0, 0.1) is 0 Å². The molecule has 0 bridgehead atoms. The maximum absolute atomic E-state index is 12.8. The summed E-state index contributed by atoms with van der Waals surface area (Å²) in [7, 11) is 0. The zero-order valence-corrected chi connectivity index (χ0v) is 19.4. The van der Waals surface area contributed by atoms with Gasteiger partial charge in [-0.25, -0.2) is 9.97 Å². The number of para-hydroxylation sites is 1. The molecule has 1 fully saturated rings. The van der Waals surface area contributed by atoms with Gasteiger partial charge in [0.1, 0.15) is 12.1 Å². The van der Waals surface area contributed by atoms with Gasteiger partial charge >= 0.3 is 0 Å². The van der Waals surface area contributed by atoms with Gasteiger partial charge < -0.3 is 14.4 Å². The lowest BCUT2D eigenvalue weighted by Crippen LogP contribution is -2.49. The number of carbonyl (C=O) groups excluding carboxylic acids is 1. The van der Waals surface area contributed by atoms with Crippen molar-refractivity contribution in [3.63, 3.8) is 0 Å². The van der Waals surface area contributed by atoms with Gasteiger partial charge in [-0.05, 0) is 29.1 Å². The SMILES string of the molecule is O=C(c1cccs1)N1CCN(c2ncnc3c2c(-c2ccccc2)cn3-c2ccccc2)CC1. The Balaban J connectivity index is 1.40. The van der Waals surface area contributed by atoms with Crippen molar-refractivity contribution in [3.05, 3.63) is 95.6 Å². The quantitative estimate of drug-likeness (QED) is 0.370. The average molecular weight is 466 g/mol. The van der Waals surface area contributed by atoms with Crippen molar-refractivity contribution >= 4 is 34.1 Å². The smallest absolute Gasteiger partial charge is 0.264 e. The predicted molar refractivity (Wildman–Crippen MR) is 137 cm³/mol. The molecule has 0 saturated carbocycles. The summed E-state index contributed by atoms with van der Waals surface area (Å²) >= 11 is 1.50. The van der Waals surface area contributed by atoms with Crippen molar-refractivity contribution < 1.29 is 4.79 Å². The van der Waals surface area contributed by atoms with Crippen LogP contribution >= 0.6 is 11.3 Å². The molecular formula is C27H23N5OS. The van der Waals surface area contributed by atoms with E-state index in [0.29, 0.717) is 13.1 Å². The van der Waals surface area contributed by atoms with E-state index in [0.717, 1.165) is 51.6 Å². The molecule has 6 nitrogen and oxygen atoms in total. The predicted octanol–water partition coefficient (Wildman–Crippen LogP) is 5.11. The first-order chi connectivity index (χ1) is 16.8. The van der Waals surface area contributed by atoms with Crippen LogP contribution in [0.25, 0.3) is 27.8 Å². The number of hydrogen-bond donors (Lipinski definition) is 0. The van der Waals surface area contributed by atoms with Gasteiger partial charge in [0, 0.05) is 43.6 Å². The van der Waals surface area contributed by atoms with E-state index in [1.165, 1.54) is 11.3 Å². The lowest BCUT2D eigenvalue weighted by molar-refractivity contribution is 0.0751. The van der Waals surface area contributed by atoms with Crippen molar-refractivity contribution in [2.24, 2.45) is 0 Å². The molecule has 168 valence electrons. The van der Waals surface area contributed by atoms with Crippen LogP contribution in [-0.4, -0.2) is 51.5 Å². The molecular weight excluding hydrogens is 442 g/mol. The summed E-state index contributed by atoms with van der Waals surface area (Å²) in [5.74, 6) is 1.03. The lowest BCUT2D eigenvalue weighted by Gasteiger charge is -2.35. The highest BCUT2D eigenvalue weighted by molar-refractivity contribution is 7.12. The Morgan fingerprint density at radius 1 is 0.824 bits per heavy atom. The zero-order chi connectivity index (χ0) is 22.9. The van der Waals surface area contributed by atoms with Crippen molar-refractivity contribution in [3.8, 4) is 16.8 Å². The highest BCUT2D eigenvalue weighted by Gasteiger charge is 2.26. The van der Waals surface area contributed by atoms with Gasteiger partial charge in [-0.3, -0.25) is 4.79 Å². The van der Waals surface area contributed by atoms with Gasteiger partial charge in [0.2, 0.25) is 0 Å². The number of fused-ring (bicyclic) bond motifs is 1. The number of anilines is 1. The third-order valence-electron chi connectivity index (χ3n) is 6.28. The van der Waals surface area contributed by atoms with Gasteiger partial charge in [-0.2, -0.15) is 0 Å². The molecule has 34 heavy (non-hydrogen) atoms. The minimum Gasteiger partial charge on any atom is -0.352 e. The summed E-state index contributed by atoms with van der Waals surface area (Å²) < 4.78 is 2.14. The van der Waals surface area contributed by atoms with Crippen LogP contribution < -0.4 is 4.90 Å². The van der Waals surface area contributed by atoms with Gasteiger partial charge in [0.05, 0.1) is 10.3 Å². The molecule has 4 heterocycles. The monoisotopic (exact) mass is 465 g/mol. The number of rotatable bonds is 4. The number of aromatic nitrogens is 3. The van der Waals surface area contributed by atoms with Crippen molar-refractivity contribution in [1.29, 1.82) is 0 Å². The lowest BCUT2D eigenvalue weighted by atomic mass is 10.1. The number of hydrogen-bond acceptors (Lipinski definition) is 5. The number of carbonyl (C=O) groups is 1. The molecule has 0 aliphatic carbocycles. The maximum atomic E-state index is 12.8. The van der Waals surface area contributed by atoms with Crippen LogP contribution in [0.4, 0.5) is 5.82 Å². The Kier molecular flexibility index (Phi) is 5.31. The van der Waals surface area contributed by atoms with E-state index in [4.69, 9.17) is 9.97 Å². The van der Waals surface area contributed by atoms with E-state index < -0.39 is 0 Å². The molecule has 1 amide bonds. The molecule has 5 aromatic rings. The number of amides is 1. The summed E-state index contributed by atoms with van der Waals surface area (Å²) in [4.78, 5) is 27.3. The normalized spacial score (nSPS) is 14.0. The fraction of sp³-hybridized carbons (Fsp3) is 0.148. The van der Waals surface area contributed by atoms with Gasteiger partial charge in [-0.15, -0.1) is 11.3 Å². The standard InChI is InChI=1S/C27H23N5OS/c33-27(23-12-7-17-34-23)31-15-13-30(14-16-31)25-24-22(20-8-3-1-4-9-20)18-32(26(24)29-19-28-25)21-10-5-2-6-11-21/h1-12,17-19H,13-16H2. The topological polar surface area (TPSA) is 54.3 Å². The fourth-order valence-electron chi connectivity index (χ4n) is 4.58. The first kappa shape index (κ1) is 20.6. The third kappa shape index (κ3) is 3.64. The largest absolute Gasteiger partial charge is 0.352 e. The second-order valence-electron chi connectivity index (χ2n) is 8.27. The summed E-state index contributed by atoms with van der Waals surface area (Å²) in [6.07, 6.45) is 3.80. The fourth-order valence-corrected chi connectivity index (χ4v) is 5.28. The highest BCUT2D eigenvalue weighted by atomic mass is 32.1. The number of benzene rings is 2. The molecule has 3 aromatic heterocycles. The Morgan fingerprint density at radius 2 is 1.56 bits per heavy atom. The van der Waals surface area contributed by atoms with E-state index >= 15 is 0 Å². The Morgan fingerprint density at radius 3 is 2.26 bits per heavy atom. The first-order valence-electron chi connectivity index (χ1n) is 11.3. The Hall–Kier alpha value is -3.97. The van der Waals surface area contributed by atoms with E-state index in [-0.39, 0.29) is 5.91 Å². The van der Waals surface area contributed by atoms with Crippen molar-refractivity contribution in [2.45, 2.75) is 0 Å². The summed E-state index contributed by atoms with van der Waals surface area (Å²) in [6.45, 7) is 2.80. The van der Waals surface area contributed by atoms with Gasteiger partial charge in [0.25, 0.3) is 5.91 Å². The molecule has 0 atom stereocenters. The number of piperazine rings is 1. The minimum atomic E-state index is 0.114. The second kappa shape index (κ2) is 8.76. The van der Waals surface area contributed by atoms with E-state index in [2.05, 4.69) is 52.1 Å². The number of nitrogens with zero attached hydrogens (tertiary/aromatic N) is 5. The van der Waals surface area contributed by atoms with E-state index in [9.17, 15) is 4.79 Å². The highest BCUT2D eigenvalue weighted by Crippen LogP contribution is 2.37. The van der Waals surface area contributed by atoms with Crippen molar-refractivity contribution in [2.75, 3.05) is 31.1 Å². The summed E-state index contributed by atoms with van der Waals surface area (Å²) in [5.41, 5.74) is 4.18. The van der Waals surface area contributed by atoms with Crippen molar-refractivity contribution in [1.82, 2.24) is 19.4 Å². The van der Waals surface area contributed by atoms with E-state index in [1.54, 1.807) is 6.33 Å². The molecule has 6 rings (SSSR count). The molecule has 0 unspecified atom stereocenters. The van der Waals surface area contributed by atoms with Gasteiger partial charge in [0.15, 0.2) is 5.65 Å². The number of thiophene rings is 1. The molecule has 7 heteroatoms.